The molecule has 0 saturated heterocycles. The SMILES string of the molecule is C=C/C(OCCCC)=C(\SC)C(=O)O.CC. The molecule has 0 fully saturated rings. The van der Waals surface area contributed by atoms with Crippen LogP contribution >= 0.6 is 11.8 Å². The van der Waals surface area contributed by atoms with E-state index in [9.17, 15) is 4.79 Å². The summed E-state index contributed by atoms with van der Waals surface area (Å²) in [6, 6.07) is 0. The van der Waals surface area contributed by atoms with Crippen LogP contribution in [-0.4, -0.2) is 23.9 Å². The van der Waals surface area contributed by atoms with E-state index < -0.39 is 5.97 Å². The summed E-state index contributed by atoms with van der Waals surface area (Å²) in [5.41, 5.74) is 0. The maximum absolute atomic E-state index is 10.8. The van der Waals surface area contributed by atoms with Crippen LogP contribution in [0.3, 0.4) is 0 Å². The number of carboxylic acids is 1. The van der Waals surface area contributed by atoms with E-state index >= 15 is 0 Å². The second kappa shape index (κ2) is 12.2. The fourth-order valence-electron chi connectivity index (χ4n) is 0.837. The molecule has 0 bridgehead atoms. The molecule has 0 spiro atoms. The number of hydrogen-bond acceptors (Lipinski definition) is 3. The van der Waals surface area contributed by atoms with Gasteiger partial charge in [-0.3, -0.25) is 0 Å². The fraction of sp³-hybridized carbons (Fsp3) is 0.583. The van der Waals surface area contributed by atoms with E-state index in [4.69, 9.17) is 9.84 Å². The van der Waals surface area contributed by atoms with Crippen molar-refractivity contribution in [1.82, 2.24) is 0 Å². The molecule has 0 aromatic rings. The summed E-state index contributed by atoms with van der Waals surface area (Å²) in [5, 5.41) is 8.82. The Labute approximate surface area is 103 Å². The van der Waals surface area contributed by atoms with E-state index in [1.165, 1.54) is 6.08 Å². The zero-order valence-corrected chi connectivity index (χ0v) is 11.4. The topological polar surface area (TPSA) is 46.5 Å². The minimum atomic E-state index is -0.969. The van der Waals surface area contributed by atoms with Gasteiger partial charge in [0.15, 0.2) is 0 Å². The van der Waals surface area contributed by atoms with Crippen LogP contribution in [0, 0.1) is 0 Å². The maximum atomic E-state index is 10.8. The molecule has 0 radical (unpaired) electrons. The Balaban J connectivity index is 0. The van der Waals surface area contributed by atoms with E-state index in [1.54, 1.807) is 6.26 Å². The zero-order valence-electron chi connectivity index (χ0n) is 10.6. The molecule has 1 N–H and O–H groups in total. The van der Waals surface area contributed by atoms with Crippen molar-refractivity contribution in [3.8, 4) is 0 Å². The molecule has 0 unspecified atom stereocenters. The minimum Gasteiger partial charge on any atom is -0.492 e. The van der Waals surface area contributed by atoms with Crippen LogP contribution in [0.25, 0.3) is 0 Å². The largest absolute Gasteiger partial charge is 0.492 e. The van der Waals surface area contributed by atoms with E-state index in [-0.39, 0.29) is 4.91 Å². The normalized spacial score (nSPS) is 10.8. The third-order valence-electron chi connectivity index (χ3n) is 1.56. The average molecular weight is 246 g/mol. The summed E-state index contributed by atoms with van der Waals surface area (Å²) in [6.45, 7) is 10.1. The van der Waals surface area contributed by atoms with Gasteiger partial charge in [0, 0.05) is 0 Å². The van der Waals surface area contributed by atoms with Gasteiger partial charge in [-0.25, -0.2) is 4.79 Å². The van der Waals surface area contributed by atoms with Crippen molar-refractivity contribution in [1.29, 1.82) is 0 Å². The van der Waals surface area contributed by atoms with Crippen molar-refractivity contribution < 1.29 is 14.6 Å². The molecule has 0 amide bonds. The number of thioether (sulfide) groups is 1. The first-order valence-electron chi connectivity index (χ1n) is 5.44. The number of aliphatic carboxylic acids is 1. The lowest BCUT2D eigenvalue weighted by Gasteiger charge is -2.08. The number of carbonyl (C=O) groups is 1. The van der Waals surface area contributed by atoms with E-state index in [1.807, 2.05) is 20.8 Å². The van der Waals surface area contributed by atoms with Gasteiger partial charge >= 0.3 is 5.97 Å². The standard InChI is InChI=1S/C10H16O3S.C2H6/c1-4-6-7-13-8(5-2)9(14-3)10(11)12;1-2/h5H,2,4,6-7H2,1,3H3,(H,11,12);1-2H3/b9-8+;. The number of rotatable bonds is 7. The second-order valence-corrected chi connectivity index (χ2v) is 3.43. The van der Waals surface area contributed by atoms with E-state index in [0.29, 0.717) is 12.4 Å². The Morgan fingerprint density at radius 2 is 2.06 bits per heavy atom. The van der Waals surface area contributed by atoms with Gasteiger partial charge in [0.25, 0.3) is 0 Å². The van der Waals surface area contributed by atoms with Crippen LogP contribution in [0.5, 0.6) is 0 Å². The highest BCUT2D eigenvalue weighted by Gasteiger charge is 2.12. The summed E-state index contributed by atoms with van der Waals surface area (Å²) in [6.07, 6.45) is 5.08. The van der Waals surface area contributed by atoms with Gasteiger partial charge < -0.3 is 9.84 Å². The highest BCUT2D eigenvalue weighted by molar-refractivity contribution is 8.03. The Hall–Kier alpha value is -0.900. The Morgan fingerprint density at radius 3 is 2.38 bits per heavy atom. The number of allylic oxidation sites excluding steroid dienone is 1. The molecule has 0 atom stereocenters. The first-order chi connectivity index (χ1) is 7.67. The van der Waals surface area contributed by atoms with Crippen LogP contribution in [0.1, 0.15) is 33.6 Å². The number of unbranched alkanes of at least 4 members (excludes halogenated alkanes) is 1. The summed E-state index contributed by atoms with van der Waals surface area (Å²) < 4.78 is 5.31. The van der Waals surface area contributed by atoms with Crippen molar-refractivity contribution in [2.75, 3.05) is 12.9 Å². The second-order valence-electron chi connectivity index (χ2n) is 2.61. The predicted octanol–water partition coefficient (Wildman–Crippen LogP) is 3.67. The van der Waals surface area contributed by atoms with Gasteiger partial charge in [-0.1, -0.05) is 33.8 Å². The first kappa shape index (κ1) is 17.5. The third-order valence-corrected chi connectivity index (χ3v) is 2.35. The number of carboxylic acid groups (broad SMARTS) is 1. The molecule has 94 valence electrons. The van der Waals surface area contributed by atoms with E-state index in [0.717, 1.165) is 24.6 Å². The molecule has 16 heavy (non-hydrogen) atoms. The predicted molar refractivity (Wildman–Crippen MR) is 70.6 cm³/mol. The van der Waals surface area contributed by atoms with Crippen LogP contribution < -0.4 is 0 Å². The minimum absolute atomic E-state index is 0.205. The molecule has 0 aliphatic carbocycles. The quantitative estimate of drug-likeness (QED) is 0.322. The summed E-state index contributed by atoms with van der Waals surface area (Å²) in [5.74, 6) is -0.609. The lowest BCUT2D eigenvalue weighted by molar-refractivity contribution is -0.132. The van der Waals surface area contributed by atoms with Crippen molar-refractivity contribution in [3.05, 3.63) is 23.3 Å². The molecule has 4 heteroatoms. The number of ether oxygens (including phenoxy) is 1. The molecule has 0 aromatic heterocycles. The summed E-state index contributed by atoms with van der Waals surface area (Å²) in [7, 11) is 0. The van der Waals surface area contributed by atoms with Gasteiger partial charge in [0.05, 0.1) is 6.61 Å². The van der Waals surface area contributed by atoms with Crippen molar-refractivity contribution in [3.63, 3.8) is 0 Å². The zero-order chi connectivity index (χ0) is 13.0. The van der Waals surface area contributed by atoms with Crippen LogP contribution in [0.15, 0.2) is 23.3 Å². The lowest BCUT2D eigenvalue weighted by atomic mass is 10.3. The third kappa shape index (κ3) is 7.40. The van der Waals surface area contributed by atoms with Crippen LogP contribution in [0.4, 0.5) is 0 Å². The van der Waals surface area contributed by atoms with Gasteiger partial charge in [-0.15, -0.1) is 11.8 Å². The van der Waals surface area contributed by atoms with Crippen LogP contribution in [-0.2, 0) is 9.53 Å². The maximum Gasteiger partial charge on any atom is 0.345 e. The van der Waals surface area contributed by atoms with Gasteiger partial charge in [-0.05, 0) is 18.8 Å². The fourth-order valence-corrected chi connectivity index (χ4v) is 1.35. The lowest BCUT2D eigenvalue weighted by Crippen LogP contribution is -2.03. The highest BCUT2D eigenvalue weighted by Crippen LogP contribution is 2.19. The first-order valence-corrected chi connectivity index (χ1v) is 6.66. The van der Waals surface area contributed by atoms with Crippen molar-refractivity contribution in [2.24, 2.45) is 0 Å². The van der Waals surface area contributed by atoms with Gasteiger partial charge in [0.2, 0.25) is 0 Å². The van der Waals surface area contributed by atoms with E-state index in [2.05, 4.69) is 6.58 Å². The molecular formula is C12H22O3S. The molecule has 0 saturated carbocycles. The molecule has 0 rings (SSSR count). The van der Waals surface area contributed by atoms with Gasteiger partial charge in [-0.2, -0.15) is 0 Å². The molecule has 0 heterocycles. The number of hydrogen-bond donors (Lipinski definition) is 1. The molecule has 0 aliphatic rings. The highest BCUT2D eigenvalue weighted by atomic mass is 32.2. The molecule has 3 nitrogen and oxygen atoms in total. The van der Waals surface area contributed by atoms with Crippen molar-refractivity contribution >= 4 is 17.7 Å². The van der Waals surface area contributed by atoms with Crippen LogP contribution in [0.2, 0.25) is 0 Å². The summed E-state index contributed by atoms with van der Waals surface area (Å²) in [4.78, 5) is 11.0. The summed E-state index contributed by atoms with van der Waals surface area (Å²) >= 11 is 1.15. The molecular weight excluding hydrogens is 224 g/mol. The van der Waals surface area contributed by atoms with Crippen molar-refractivity contribution in [2.45, 2.75) is 33.6 Å². The molecule has 0 aliphatic heterocycles. The Morgan fingerprint density at radius 1 is 1.50 bits per heavy atom. The average Bonchev–Trinajstić information content (AvgIpc) is 2.30. The Bertz CT molecular complexity index is 234. The Kier molecular flexibility index (Phi) is 13.3. The monoisotopic (exact) mass is 246 g/mol. The van der Waals surface area contributed by atoms with Gasteiger partial charge in [0.1, 0.15) is 10.7 Å². The molecule has 0 aromatic carbocycles. The smallest absolute Gasteiger partial charge is 0.345 e.